The topological polar surface area (TPSA) is 77.2 Å². The first kappa shape index (κ1) is 13.0. The Kier molecular flexibility index (Phi) is 3.35. The van der Waals surface area contributed by atoms with Crippen LogP contribution in [0.4, 0.5) is 0 Å². The minimum Gasteiger partial charge on any atom is -0.481 e. The van der Waals surface area contributed by atoms with Gasteiger partial charge < -0.3 is 9.15 Å². The molecule has 0 fully saturated rings. The maximum atomic E-state index is 5.52. The molecule has 1 aliphatic heterocycles. The summed E-state index contributed by atoms with van der Waals surface area (Å²) in [5, 5.41) is 7.99. The monoisotopic (exact) mass is 275 g/mol. The molecule has 3 heterocycles. The maximum Gasteiger partial charge on any atom is 0.233 e. The Morgan fingerprint density at radius 3 is 2.90 bits per heavy atom. The van der Waals surface area contributed by atoms with Crippen molar-refractivity contribution < 1.29 is 9.15 Å². The van der Waals surface area contributed by atoms with Gasteiger partial charge in [-0.25, -0.2) is 9.97 Å². The highest BCUT2D eigenvalue weighted by atomic mass is 16.5. The summed E-state index contributed by atoms with van der Waals surface area (Å²) in [4.78, 5) is 10.8. The smallest absolute Gasteiger partial charge is 0.233 e. The summed E-state index contributed by atoms with van der Waals surface area (Å²) in [5.74, 6) is 1.88. The summed E-state index contributed by atoms with van der Waals surface area (Å²) in [6.07, 6.45) is 2.42. The summed E-state index contributed by atoms with van der Waals surface area (Å²) in [6.45, 7) is 5.48. The first-order chi connectivity index (χ1) is 9.69. The molecule has 1 atom stereocenters. The van der Waals surface area contributed by atoms with E-state index in [1.165, 1.54) is 0 Å². The Hall–Kier alpha value is -2.02. The Bertz CT molecular complexity index is 598. The van der Waals surface area contributed by atoms with Gasteiger partial charge in [-0.1, -0.05) is 0 Å². The molecule has 1 unspecified atom stereocenters. The summed E-state index contributed by atoms with van der Waals surface area (Å²) >= 11 is 0. The quantitative estimate of drug-likeness (QED) is 0.835. The highest BCUT2D eigenvalue weighted by Crippen LogP contribution is 2.29. The van der Waals surface area contributed by atoms with E-state index in [2.05, 4.69) is 32.0 Å². The van der Waals surface area contributed by atoms with Gasteiger partial charge in [-0.05, 0) is 6.92 Å². The molecule has 7 heteroatoms. The molecule has 0 amide bonds. The van der Waals surface area contributed by atoms with Crippen molar-refractivity contribution in [1.29, 1.82) is 0 Å². The van der Waals surface area contributed by atoms with Gasteiger partial charge in [0.2, 0.25) is 17.7 Å². The van der Waals surface area contributed by atoms with Crippen LogP contribution in [0.2, 0.25) is 0 Å². The molecule has 3 rings (SSSR count). The van der Waals surface area contributed by atoms with Crippen molar-refractivity contribution in [3.63, 3.8) is 0 Å². The van der Waals surface area contributed by atoms with Gasteiger partial charge in [0.05, 0.1) is 18.8 Å². The van der Waals surface area contributed by atoms with Crippen LogP contribution in [0.1, 0.15) is 36.0 Å². The Morgan fingerprint density at radius 1 is 1.35 bits per heavy atom. The summed E-state index contributed by atoms with van der Waals surface area (Å²) < 4.78 is 10.8. The van der Waals surface area contributed by atoms with E-state index in [4.69, 9.17) is 9.15 Å². The number of hydrogen-bond acceptors (Lipinski definition) is 7. The van der Waals surface area contributed by atoms with E-state index >= 15 is 0 Å². The third kappa shape index (κ3) is 2.24. The zero-order valence-electron chi connectivity index (χ0n) is 11.8. The van der Waals surface area contributed by atoms with Gasteiger partial charge >= 0.3 is 0 Å². The normalized spacial score (nSPS) is 16.8. The van der Waals surface area contributed by atoms with E-state index in [-0.39, 0.29) is 6.04 Å². The lowest BCUT2D eigenvalue weighted by Gasteiger charge is -2.31. The lowest BCUT2D eigenvalue weighted by Crippen LogP contribution is -2.34. The molecule has 0 saturated heterocycles. The Labute approximate surface area is 117 Å². The van der Waals surface area contributed by atoms with Crippen molar-refractivity contribution >= 4 is 0 Å². The predicted molar refractivity (Wildman–Crippen MR) is 70.1 cm³/mol. The van der Waals surface area contributed by atoms with Gasteiger partial charge in [0.25, 0.3) is 0 Å². The minimum atomic E-state index is 0.0641. The van der Waals surface area contributed by atoms with Crippen LogP contribution in [0.15, 0.2) is 10.7 Å². The number of methoxy groups -OCH3 is 1. The van der Waals surface area contributed by atoms with Gasteiger partial charge in [-0.15, -0.1) is 10.2 Å². The number of fused-ring (bicyclic) bond motifs is 1. The van der Waals surface area contributed by atoms with E-state index in [0.29, 0.717) is 17.7 Å². The van der Waals surface area contributed by atoms with Crippen molar-refractivity contribution in [2.45, 2.75) is 32.9 Å². The molecule has 0 radical (unpaired) electrons. The van der Waals surface area contributed by atoms with E-state index in [1.54, 1.807) is 20.4 Å². The average Bonchev–Trinajstić information content (AvgIpc) is 2.91. The van der Waals surface area contributed by atoms with Crippen LogP contribution < -0.4 is 4.74 Å². The molecule has 1 aliphatic rings. The van der Waals surface area contributed by atoms with Crippen LogP contribution in [0.25, 0.3) is 0 Å². The van der Waals surface area contributed by atoms with E-state index in [9.17, 15) is 0 Å². The largest absolute Gasteiger partial charge is 0.481 e. The Morgan fingerprint density at radius 2 is 2.20 bits per heavy atom. The third-order valence-electron chi connectivity index (χ3n) is 3.63. The average molecular weight is 275 g/mol. The second-order valence-corrected chi connectivity index (χ2v) is 4.86. The SMILES string of the molecule is COc1ncnc2c1CN(C(C)c1nnc(C)o1)CC2. The molecule has 0 aromatic carbocycles. The van der Waals surface area contributed by atoms with Gasteiger partial charge in [-0.3, -0.25) is 4.90 Å². The number of nitrogens with zero attached hydrogens (tertiary/aromatic N) is 5. The summed E-state index contributed by atoms with van der Waals surface area (Å²) in [5.41, 5.74) is 2.10. The zero-order chi connectivity index (χ0) is 14.1. The molecule has 0 spiro atoms. The molecule has 7 nitrogen and oxygen atoms in total. The third-order valence-corrected chi connectivity index (χ3v) is 3.63. The highest BCUT2D eigenvalue weighted by molar-refractivity contribution is 5.31. The molecule has 0 saturated carbocycles. The van der Waals surface area contributed by atoms with E-state index in [0.717, 1.165) is 30.8 Å². The van der Waals surface area contributed by atoms with E-state index in [1.807, 2.05) is 0 Å². The number of hydrogen-bond donors (Lipinski definition) is 0. The minimum absolute atomic E-state index is 0.0641. The van der Waals surface area contributed by atoms with Crippen molar-refractivity contribution in [2.24, 2.45) is 0 Å². The standard InChI is InChI=1S/C13H17N5O2/c1-8(12-17-16-9(2)20-12)18-5-4-11-10(6-18)13(19-3)15-7-14-11/h7-8H,4-6H2,1-3H3. The van der Waals surface area contributed by atoms with Crippen molar-refractivity contribution in [2.75, 3.05) is 13.7 Å². The fourth-order valence-corrected chi connectivity index (χ4v) is 2.48. The van der Waals surface area contributed by atoms with Crippen LogP contribution in [-0.2, 0) is 13.0 Å². The molecule has 106 valence electrons. The van der Waals surface area contributed by atoms with Gasteiger partial charge in [-0.2, -0.15) is 0 Å². The number of ether oxygens (including phenoxy) is 1. The summed E-state index contributed by atoms with van der Waals surface area (Å²) in [6, 6.07) is 0.0641. The van der Waals surface area contributed by atoms with E-state index < -0.39 is 0 Å². The second-order valence-electron chi connectivity index (χ2n) is 4.86. The van der Waals surface area contributed by atoms with Gasteiger partial charge in [0.1, 0.15) is 6.33 Å². The first-order valence-electron chi connectivity index (χ1n) is 6.60. The predicted octanol–water partition coefficient (Wildman–Crippen LogP) is 1.30. The molecule has 2 aromatic rings. The van der Waals surface area contributed by atoms with Crippen LogP contribution in [0, 0.1) is 6.92 Å². The fourth-order valence-electron chi connectivity index (χ4n) is 2.48. The van der Waals surface area contributed by atoms with Crippen LogP contribution in [-0.4, -0.2) is 38.7 Å². The number of aromatic nitrogens is 4. The second kappa shape index (κ2) is 5.16. The van der Waals surface area contributed by atoms with Gasteiger partial charge in [0.15, 0.2) is 0 Å². The molecule has 20 heavy (non-hydrogen) atoms. The first-order valence-corrected chi connectivity index (χ1v) is 6.60. The van der Waals surface area contributed by atoms with Crippen LogP contribution in [0.5, 0.6) is 5.88 Å². The fraction of sp³-hybridized carbons (Fsp3) is 0.538. The van der Waals surface area contributed by atoms with Crippen molar-refractivity contribution in [3.8, 4) is 5.88 Å². The van der Waals surface area contributed by atoms with Gasteiger partial charge in [0, 0.05) is 32.0 Å². The number of aryl methyl sites for hydroxylation is 1. The van der Waals surface area contributed by atoms with Crippen LogP contribution in [0.3, 0.4) is 0 Å². The molecule has 2 aromatic heterocycles. The molecule has 0 bridgehead atoms. The molecule has 0 aliphatic carbocycles. The molecular weight excluding hydrogens is 258 g/mol. The lowest BCUT2D eigenvalue weighted by atomic mass is 10.0. The maximum absolute atomic E-state index is 5.52. The molecule has 0 N–H and O–H groups in total. The zero-order valence-corrected chi connectivity index (χ0v) is 11.8. The number of rotatable bonds is 3. The van der Waals surface area contributed by atoms with Crippen molar-refractivity contribution in [1.82, 2.24) is 25.1 Å². The highest BCUT2D eigenvalue weighted by Gasteiger charge is 2.27. The van der Waals surface area contributed by atoms with Crippen LogP contribution >= 0.6 is 0 Å². The Balaban J connectivity index is 1.84. The van der Waals surface area contributed by atoms with Crippen molar-refractivity contribution in [3.05, 3.63) is 29.4 Å². The molecular formula is C13H17N5O2. The lowest BCUT2D eigenvalue weighted by molar-refractivity contribution is 0.161. The summed E-state index contributed by atoms with van der Waals surface area (Å²) in [7, 11) is 1.63.